The SMILES string of the molecule is O=C(O)c1c(I)cccc1I.O=C(O)c1ccccc1. The molecular formula is C14H10I2O4. The van der Waals surface area contributed by atoms with Crippen LogP contribution in [-0.4, -0.2) is 22.2 Å². The summed E-state index contributed by atoms with van der Waals surface area (Å²) in [6.07, 6.45) is 0. The van der Waals surface area contributed by atoms with E-state index in [1.807, 2.05) is 51.2 Å². The molecule has 0 aliphatic rings. The molecule has 0 unspecified atom stereocenters. The normalized spacial score (nSPS) is 9.30. The highest BCUT2D eigenvalue weighted by molar-refractivity contribution is 14.1. The standard InChI is InChI=1S/C7H4I2O2.C7H6O2/c8-4-2-1-3-5(9)6(4)7(10)11;8-7(9)6-4-2-1-3-5-6/h1-3H,(H,10,11);1-5H,(H,8,9). The van der Waals surface area contributed by atoms with Crippen molar-refractivity contribution in [3.05, 3.63) is 66.8 Å². The van der Waals surface area contributed by atoms with Gasteiger partial charge in [-0.3, -0.25) is 0 Å². The van der Waals surface area contributed by atoms with Crippen LogP contribution in [0.5, 0.6) is 0 Å². The first-order valence-electron chi connectivity index (χ1n) is 5.39. The van der Waals surface area contributed by atoms with Gasteiger partial charge in [0.1, 0.15) is 0 Å². The van der Waals surface area contributed by atoms with Crippen molar-refractivity contribution in [2.24, 2.45) is 0 Å². The largest absolute Gasteiger partial charge is 0.478 e. The van der Waals surface area contributed by atoms with Gasteiger partial charge in [0.25, 0.3) is 0 Å². The van der Waals surface area contributed by atoms with Crippen LogP contribution in [-0.2, 0) is 0 Å². The van der Waals surface area contributed by atoms with E-state index >= 15 is 0 Å². The maximum Gasteiger partial charge on any atom is 0.337 e. The van der Waals surface area contributed by atoms with Crippen LogP contribution in [0.1, 0.15) is 20.7 Å². The topological polar surface area (TPSA) is 74.6 Å². The van der Waals surface area contributed by atoms with Gasteiger partial charge < -0.3 is 10.2 Å². The highest BCUT2D eigenvalue weighted by Gasteiger charge is 2.10. The summed E-state index contributed by atoms with van der Waals surface area (Å²) in [6.45, 7) is 0. The number of carboxylic acids is 2. The molecule has 104 valence electrons. The lowest BCUT2D eigenvalue weighted by molar-refractivity contribution is 0.0685. The molecule has 0 heterocycles. The fourth-order valence-corrected chi connectivity index (χ4v) is 3.26. The number of aromatic carboxylic acids is 2. The van der Waals surface area contributed by atoms with E-state index in [0.717, 1.165) is 7.14 Å². The second-order valence-corrected chi connectivity index (χ2v) is 5.90. The molecule has 0 amide bonds. The summed E-state index contributed by atoms with van der Waals surface area (Å²) in [5, 5.41) is 17.1. The smallest absolute Gasteiger partial charge is 0.337 e. The summed E-state index contributed by atoms with van der Waals surface area (Å²) in [6, 6.07) is 13.7. The molecule has 6 heteroatoms. The molecule has 0 radical (unpaired) electrons. The minimum absolute atomic E-state index is 0.331. The van der Waals surface area contributed by atoms with Crippen LogP contribution < -0.4 is 0 Å². The molecule has 2 N–H and O–H groups in total. The maximum absolute atomic E-state index is 10.6. The molecular weight excluding hydrogens is 486 g/mol. The number of hydrogen-bond donors (Lipinski definition) is 2. The average Bonchev–Trinajstić information content (AvgIpc) is 2.40. The Labute approximate surface area is 143 Å². The van der Waals surface area contributed by atoms with E-state index in [2.05, 4.69) is 0 Å². The van der Waals surface area contributed by atoms with Crippen molar-refractivity contribution in [3.8, 4) is 0 Å². The molecule has 4 nitrogen and oxygen atoms in total. The predicted molar refractivity (Wildman–Crippen MR) is 92.2 cm³/mol. The maximum atomic E-state index is 10.6. The quantitative estimate of drug-likeness (QED) is 0.618. The number of carbonyl (C=O) groups is 2. The molecule has 0 spiro atoms. The highest BCUT2D eigenvalue weighted by atomic mass is 127. The summed E-state index contributed by atoms with van der Waals surface area (Å²) >= 11 is 4.03. The van der Waals surface area contributed by atoms with Crippen molar-refractivity contribution in [3.63, 3.8) is 0 Å². The monoisotopic (exact) mass is 496 g/mol. The Kier molecular flexibility index (Phi) is 6.93. The van der Waals surface area contributed by atoms with Crippen LogP contribution in [0.25, 0.3) is 0 Å². The van der Waals surface area contributed by atoms with Crippen LogP contribution in [0, 0.1) is 7.14 Å². The molecule has 0 fully saturated rings. The molecule has 0 atom stereocenters. The van der Waals surface area contributed by atoms with Crippen LogP contribution in [0.2, 0.25) is 0 Å². The summed E-state index contributed by atoms with van der Waals surface area (Å²) < 4.78 is 1.56. The summed E-state index contributed by atoms with van der Waals surface area (Å²) in [5.74, 6) is -1.74. The van der Waals surface area contributed by atoms with Crippen molar-refractivity contribution in [2.45, 2.75) is 0 Å². The molecule has 0 aliphatic carbocycles. The van der Waals surface area contributed by atoms with Gasteiger partial charge in [-0.05, 0) is 69.4 Å². The first kappa shape index (κ1) is 16.9. The van der Waals surface area contributed by atoms with Gasteiger partial charge in [-0.15, -0.1) is 0 Å². The Morgan fingerprint density at radius 2 is 1.25 bits per heavy atom. The lowest BCUT2D eigenvalue weighted by atomic mass is 10.2. The van der Waals surface area contributed by atoms with E-state index in [1.54, 1.807) is 42.5 Å². The third kappa shape index (κ3) is 5.08. The van der Waals surface area contributed by atoms with Gasteiger partial charge >= 0.3 is 11.9 Å². The van der Waals surface area contributed by atoms with Crippen molar-refractivity contribution >= 4 is 57.1 Å². The van der Waals surface area contributed by atoms with Crippen molar-refractivity contribution in [2.75, 3.05) is 0 Å². The van der Waals surface area contributed by atoms with Crippen molar-refractivity contribution in [1.82, 2.24) is 0 Å². The second-order valence-electron chi connectivity index (χ2n) is 3.57. The first-order valence-corrected chi connectivity index (χ1v) is 7.55. The van der Waals surface area contributed by atoms with E-state index in [1.165, 1.54) is 0 Å². The molecule has 2 rings (SSSR count). The molecule has 0 aliphatic heterocycles. The first-order chi connectivity index (χ1) is 9.43. The summed E-state index contributed by atoms with van der Waals surface area (Å²) in [7, 11) is 0. The Morgan fingerprint density at radius 1 is 0.750 bits per heavy atom. The predicted octanol–water partition coefficient (Wildman–Crippen LogP) is 3.98. The fraction of sp³-hybridized carbons (Fsp3) is 0. The van der Waals surface area contributed by atoms with Crippen LogP contribution in [0.15, 0.2) is 48.5 Å². The van der Waals surface area contributed by atoms with Crippen LogP contribution in [0.3, 0.4) is 0 Å². The van der Waals surface area contributed by atoms with Gasteiger partial charge in [-0.2, -0.15) is 0 Å². The third-order valence-electron chi connectivity index (χ3n) is 2.20. The summed E-state index contributed by atoms with van der Waals surface area (Å²) in [4.78, 5) is 20.8. The number of rotatable bonds is 2. The van der Waals surface area contributed by atoms with Crippen molar-refractivity contribution < 1.29 is 19.8 Å². The zero-order valence-corrected chi connectivity index (χ0v) is 14.4. The average molecular weight is 496 g/mol. The fourth-order valence-electron chi connectivity index (χ4n) is 1.28. The molecule has 2 aromatic rings. The molecule has 2 aromatic carbocycles. The minimum atomic E-state index is -0.879. The van der Waals surface area contributed by atoms with Crippen LogP contribution in [0.4, 0.5) is 0 Å². The molecule has 20 heavy (non-hydrogen) atoms. The van der Waals surface area contributed by atoms with E-state index < -0.39 is 11.9 Å². The van der Waals surface area contributed by atoms with Gasteiger partial charge in [0.15, 0.2) is 0 Å². The number of halogens is 2. The minimum Gasteiger partial charge on any atom is -0.478 e. The van der Waals surface area contributed by atoms with Gasteiger partial charge in [0, 0.05) is 7.14 Å². The second kappa shape index (κ2) is 8.20. The number of benzene rings is 2. The Morgan fingerprint density at radius 3 is 1.55 bits per heavy atom. The van der Waals surface area contributed by atoms with E-state index in [-0.39, 0.29) is 0 Å². The Balaban J connectivity index is 0.000000204. The van der Waals surface area contributed by atoms with Gasteiger partial charge in [-0.1, -0.05) is 24.3 Å². The molecule has 0 saturated carbocycles. The van der Waals surface area contributed by atoms with Gasteiger partial charge in [0.05, 0.1) is 11.1 Å². The molecule has 0 bridgehead atoms. The molecule has 0 aromatic heterocycles. The third-order valence-corrected chi connectivity index (χ3v) is 4.00. The van der Waals surface area contributed by atoms with E-state index in [9.17, 15) is 9.59 Å². The van der Waals surface area contributed by atoms with E-state index in [0.29, 0.717) is 11.1 Å². The van der Waals surface area contributed by atoms with E-state index in [4.69, 9.17) is 10.2 Å². The highest BCUT2D eigenvalue weighted by Crippen LogP contribution is 2.18. The van der Waals surface area contributed by atoms with Crippen LogP contribution >= 0.6 is 45.2 Å². The van der Waals surface area contributed by atoms with Gasteiger partial charge in [-0.25, -0.2) is 9.59 Å². The zero-order chi connectivity index (χ0) is 15.1. The van der Waals surface area contributed by atoms with Crippen molar-refractivity contribution in [1.29, 1.82) is 0 Å². The summed E-state index contributed by atoms with van der Waals surface area (Å²) in [5.41, 5.74) is 0.728. The lowest BCUT2D eigenvalue weighted by Crippen LogP contribution is -2.02. The Hall–Kier alpha value is -1.16. The number of hydrogen-bond acceptors (Lipinski definition) is 2. The number of carboxylic acid groups (broad SMARTS) is 2. The lowest BCUT2D eigenvalue weighted by Gasteiger charge is -1.99. The zero-order valence-electron chi connectivity index (χ0n) is 10.1. The molecule has 0 saturated heterocycles. The Bertz CT molecular complexity index is 592. The van der Waals surface area contributed by atoms with Gasteiger partial charge in [0.2, 0.25) is 0 Å².